The number of thiophene rings is 1. The molecule has 0 unspecified atom stereocenters. The lowest BCUT2D eigenvalue weighted by atomic mass is 10.4. The van der Waals surface area contributed by atoms with E-state index in [2.05, 4.69) is 51.5 Å². The van der Waals surface area contributed by atoms with Gasteiger partial charge in [-0.15, -0.1) is 6.42 Å². The van der Waals surface area contributed by atoms with Crippen molar-refractivity contribution in [2.45, 2.75) is 13.5 Å². The van der Waals surface area contributed by atoms with Gasteiger partial charge in [-0.2, -0.15) is 11.3 Å². The number of nitrogens with zero attached hydrogens (tertiary/aromatic N) is 3. The molecule has 18 heavy (non-hydrogen) atoms. The molecule has 0 fully saturated rings. The summed E-state index contributed by atoms with van der Waals surface area (Å²) in [5.74, 6) is 17.0. The van der Waals surface area contributed by atoms with Crippen LogP contribution in [-0.2, 0) is 6.54 Å². The average Bonchev–Trinajstić information content (AvgIpc) is 2.90. The molecular formula is C14H9N3S. The molecule has 0 aliphatic heterocycles. The smallest absolute Gasteiger partial charge is 0.0519 e. The Balaban J connectivity index is 0.000000321. The van der Waals surface area contributed by atoms with Crippen molar-refractivity contribution >= 4 is 11.3 Å². The summed E-state index contributed by atoms with van der Waals surface area (Å²) in [6.45, 7) is 2.18. The highest BCUT2D eigenvalue weighted by molar-refractivity contribution is 7.07. The summed E-state index contributed by atoms with van der Waals surface area (Å²) in [6.07, 6.45) is 4.82. The van der Waals surface area contributed by atoms with Gasteiger partial charge in [0.2, 0.25) is 0 Å². The predicted octanol–water partition coefficient (Wildman–Crippen LogP) is 3.21. The first-order chi connectivity index (χ1) is 8.85. The van der Waals surface area contributed by atoms with Gasteiger partial charge in [-0.25, -0.2) is 0 Å². The fraction of sp³-hybridized carbons (Fsp3) is 0.143. The molecule has 0 amide bonds. The molecule has 1 rings (SSSR count). The van der Waals surface area contributed by atoms with Crippen molar-refractivity contribution in [3.05, 3.63) is 32.8 Å². The number of rotatable bonds is 2. The lowest BCUT2D eigenvalue weighted by Crippen LogP contribution is -1.69. The topological polar surface area (TPSA) is 48.8 Å². The van der Waals surface area contributed by atoms with E-state index in [-0.39, 0.29) is 0 Å². The minimum Gasteiger partial charge on any atom is -0.152 e. The third-order valence-corrected chi connectivity index (χ3v) is 2.08. The van der Waals surface area contributed by atoms with E-state index in [1.54, 1.807) is 18.3 Å². The molecule has 0 aromatic carbocycles. The van der Waals surface area contributed by atoms with Crippen LogP contribution < -0.4 is 0 Å². The number of hydrogen-bond acceptors (Lipinski definition) is 2. The summed E-state index contributed by atoms with van der Waals surface area (Å²) in [5.41, 5.74) is 9.01. The van der Waals surface area contributed by atoms with Crippen molar-refractivity contribution in [2.75, 3.05) is 0 Å². The van der Waals surface area contributed by atoms with Gasteiger partial charge in [0, 0.05) is 4.91 Å². The van der Waals surface area contributed by atoms with Gasteiger partial charge in [0.25, 0.3) is 0 Å². The second-order valence-electron chi connectivity index (χ2n) is 2.54. The van der Waals surface area contributed by atoms with Gasteiger partial charge in [-0.05, 0) is 70.4 Å². The molecule has 0 atom stereocenters. The molecule has 1 heterocycles. The largest absolute Gasteiger partial charge is 0.152 e. The van der Waals surface area contributed by atoms with Crippen LogP contribution in [0.3, 0.4) is 0 Å². The SMILES string of the molecule is C#CC#CC#CC#CC.[N-]=[N+]=NCc1ccsc1. The minimum absolute atomic E-state index is 0.472. The first-order valence-corrected chi connectivity index (χ1v) is 5.68. The fourth-order valence-corrected chi connectivity index (χ4v) is 1.35. The number of terminal acetylenes is 1. The molecule has 4 heteroatoms. The molecule has 0 N–H and O–H groups in total. The highest BCUT2D eigenvalue weighted by Crippen LogP contribution is 2.06. The van der Waals surface area contributed by atoms with Crippen LogP contribution in [0.25, 0.3) is 10.4 Å². The maximum absolute atomic E-state index is 7.93. The molecule has 1 aromatic rings. The quantitative estimate of drug-likeness (QED) is 0.335. The van der Waals surface area contributed by atoms with E-state index in [0.717, 1.165) is 5.56 Å². The van der Waals surface area contributed by atoms with Gasteiger partial charge in [0.15, 0.2) is 0 Å². The Morgan fingerprint density at radius 1 is 1.33 bits per heavy atom. The third-order valence-electron chi connectivity index (χ3n) is 1.34. The van der Waals surface area contributed by atoms with Crippen LogP contribution in [-0.4, -0.2) is 0 Å². The van der Waals surface area contributed by atoms with Crippen molar-refractivity contribution in [3.63, 3.8) is 0 Å². The lowest BCUT2D eigenvalue weighted by molar-refractivity contribution is 1.06. The lowest BCUT2D eigenvalue weighted by Gasteiger charge is -1.80. The predicted molar refractivity (Wildman–Crippen MR) is 75.0 cm³/mol. The first-order valence-electron chi connectivity index (χ1n) is 4.74. The molecule has 0 aliphatic carbocycles. The second kappa shape index (κ2) is 12.3. The maximum Gasteiger partial charge on any atom is 0.0519 e. The molecule has 0 saturated carbocycles. The van der Waals surface area contributed by atoms with Crippen LogP contribution in [0.15, 0.2) is 21.9 Å². The van der Waals surface area contributed by atoms with Crippen LogP contribution in [0.2, 0.25) is 0 Å². The fourth-order valence-electron chi connectivity index (χ4n) is 0.688. The van der Waals surface area contributed by atoms with Crippen molar-refractivity contribution in [3.8, 4) is 47.9 Å². The van der Waals surface area contributed by atoms with E-state index in [0.29, 0.717) is 6.54 Å². The van der Waals surface area contributed by atoms with Crippen LogP contribution in [0.5, 0.6) is 0 Å². The highest BCUT2D eigenvalue weighted by atomic mass is 32.1. The maximum atomic E-state index is 7.93. The molecule has 0 radical (unpaired) electrons. The van der Waals surface area contributed by atoms with Gasteiger partial charge in [-0.1, -0.05) is 11.0 Å². The van der Waals surface area contributed by atoms with Crippen molar-refractivity contribution < 1.29 is 0 Å². The Morgan fingerprint density at radius 3 is 2.61 bits per heavy atom. The molecule has 86 valence electrons. The van der Waals surface area contributed by atoms with Gasteiger partial charge in [0.1, 0.15) is 0 Å². The Morgan fingerprint density at radius 2 is 2.06 bits per heavy atom. The Labute approximate surface area is 111 Å². The summed E-state index contributed by atoms with van der Waals surface area (Å²) >= 11 is 1.61. The normalized spacial score (nSPS) is 6.00. The third kappa shape index (κ3) is 9.79. The van der Waals surface area contributed by atoms with Crippen LogP contribution in [0, 0.1) is 47.9 Å². The Kier molecular flexibility index (Phi) is 10.4. The number of hydrogen-bond donors (Lipinski definition) is 0. The summed E-state index contributed by atoms with van der Waals surface area (Å²) in [7, 11) is 0. The van der Waals surface area contributed by atoms with E-state index in [1.165, 1.54) is 0 Å². The molecular weight excluding hydrogens is 242 g/mol. The van der Waals surface area contributed by atoms with E-state index >= 15 is 0 Å². The van der Waals surface area contributed by atoms with Gasteiger partial charge in [0.05, 0.1) is 6.54 Å². The first kappa shape index (κ1) is 15.2. The summed E-state index contributed by atoms with van der Waals surface area (Å²) in [5, 5.41) is 7.33. The van der Waals surface area contributed by atoms with E-state index in [9.17, 15) is 0 Å². The zero-order chi connectivity index (χ0) is 13.5. The summed E-state index contributed by atoms with van der Waals surface area (Å²) < 4.78 is 0. The van der Waals surface area contributed by atoms with Crippen molar-refractivity contribution in [1.82, 2.24) is 0 Å². The zero-order valence-corrected chi connectivity index (χ0v) is 10.6. The summed E-state index contributed by atoms with van der Waals surface area (Å²) in [6, 6.07) is 1.94. The second-order valence-corrected chi connectivity index (χ2v) is 3.32. The van der Waals surface area contributed by atoms with E-state index in [4.69, 9.17) is 12.0 Å². The standard InChI is InChI=1S/C9H4.C5H5N3S/c1-3-5-7-9-8-6-4-2;6-8-7-3-5-1-2-9-4-5/h1H,2H3;1-2,4H,3H2. The summed E-state index contributed by atoms with van der Waals surface area (Å²) in [4.78, 5) is 2.64. The van der Waals surface area contributed by atoms with Gasteiger partial charge in [-0.3, -0.25) is 0 Å². The minimum atomic E-state index is 0.472. The molecule has 3 nitrogen and oxygen atoms in total. The zero-order valence-electron chi connectivity index (χ0n) is 9.77. The molecule has 0 spiro atoms. The molecule has 0 bridgehead atoms. The molecule has 1 aromatic heterocycles. The van der Waals surface area contributed by atoms with E-state index in [1.807, 2.05) is 16.8 Å². The van der Waals surface area contributed by atoms with Crippen molar-refractivity contribution in [1.29, 1.82) is 0 Å². The van der Waals surface area contributed by atoms with Crippen LogP contribution in [0.4, 0.5) is 0 Å². The number of azide groups is 1. The highest BCUT2D eigenvalue weighted by Gasteiger charge is 1.86. The molecule has 0 aliphatic rings. The monoisotopic (exact) mass is 251 g/mol. The van der Waals surface area contributed by atoms with E-state index < -0.39 is 0 Å². The van der Waals surface area contributed by atoms with Crippen LogP contribution in [0.1, 0.15) is 12.5 Å². The average molecular weight is 251 g/mol. The van der Waals surface area contributed by atoms with Gasteiger partial charge < -0.3 is 0 Å². The Bertz CT molecular complexity index is 610. The van der Waals surface area contributed by atoms with Crippen LogP contribution >= 0.6 is 11.3 Å². The van der Waals surface area contributed by atoms with Gasteiger partial charge >= 0.3 is 0 Å². The molecule has 0 saturated heterocycles. The Hall–Kier alpha value is -2.75. The van der Waals surface area contributed by atoms with Crippen molar-refractivity contribution in [2.24, 2.45) is 5.11 Å².